The summed E-state index contributed by atoms with van der Waals surface area (Å²) in [6.07, 6.45) is 1.11. The van der Waals surface area contributed by atoms with Gasteiger partial charge in [0.1, 0.15) is 0 Å². The molecule has 1 aromatic rings. The second-order valence-corrected chi connectivity index (χ2v) is 6.26. The molecule has 2 N–H and O–H groups in total. The minimum atomic E-state index is 0. The van der Waals surface area contributed by atoms with Gasteiger partial charge in [0, 0.05) is 21.2 Å². The first-order valence-corrected chi connectivity index (χ1v) is 7.45. The fourth-order valence-corrected chi connectivity index (χ4v) is 3.01. The summed E-state index contributed by atoms with van der Waals surface area (Å²) in [5, 5.41) is 6.57. The average Bonchev–Trinajstić information content (AvgIpc) is 2.34. The second-order valence-electron chi connectivity index (χ2n) is 5.02. The Labute approximate surface area is 134 Å². The van der Waals surface area contributed by atoms with E-state index in [1.54, 1.807) is 0 Å². The Morgan fingerprint density at radius 2 is 2.16 bits per heavy atom. The van der Waals surface area contributed by atoms with Crippen molar-refractivity contribution in [1.29, 1.82) is 0 Å². The summed E-state index contributed by atoms with van der Waals surface area (Å²) in [6.45, 7) is 5.38. The van der Waals surface area contributed by atoms with Gasteiger partial charge < -0.3 is 10.6 Å². The van der Waals surface area contributed by atoms with Crippen LogP contribution in [0, 0.1) is 9.49 Å². The molecule has 0 spiro atoms. The Kier molecular flexibility index (Phi) is 6.56. The van der Waals surface area contributed by atoms with Crippen LogP contribution in [0.5, 0.6) is 0 Å². The molecule has 2 rings (SSSR count). The van der Waals surface area contributed by atoms with E-state index in [4.69, 9.17) is 0 Å². The summed E-state index contributed by atoms with van der Waals surface area (Å²) < 4.78 is 1.09. The molecule has 3 nitrogen and oxygen atoms in total. The van der Waals surface area contributed by atoms with E-state index in [0.717, 1.165) is 22.1 Å². The van der Waals surface area contributed by atoms with Gasteiger partial charge in [-0.1, -0.05) is 13.0 Å². The minimum Gasteiger partial charge on any atom is -0.347 e. The fourth-order valence-electron chi connectivity index (χ4n) is 2.47. The van der Waals surface area contributed by atoms with Gasteiger partial charge in [-0.15, -0.1) is 12.4 Å². The monoisotopic (exact) mass is 394 g/mol. The van der Waals surface area contributed by atoms with Gasteiger partial charge in [0.25, 0.3) is 5.91 Å². The topological polar surface area (TPSA) is 41.1 Å². The number of hydrogen-bond acceptors (Lipinski definition) is 2. The molecule has 1 amide bonds. The van der Waals surface area contributed by atoms with Crippen molar-refractivity contribution in [2.75, 3.05) is 6.54 Å². The maximum Gasteiger partial charge on any atom is 0.251 e. The Bertz CT molecular complexity index is 431. The van der Waals surface area contributed by atoms with Gasteiger partial charge in [0.2, 0.25) is 0 Å². The van der Waals surface area contributed by atoms with Crippen LogP contribution in [0.25, 0.3) is 0 Å². The molecule has 3 unspecified atom stereocenters. The maximum atomic E-state index is 12.2. The molecule has 5 heteroatoms. The number of hydrogen-bond donors (Lipinski definition) is 2. The van der Waals surface area contributed by atoms with Crippen LogP contribution >= 0.6 is 35.0 Å². The molecule has 106 valence electrons. The number of rotatable bonds is 2. The number of carbonyl (C=O) groups excluding carboxylic acids is 1. The number of amides is 1. The summed E-state index contributed by atoms with van der Waals surface area (Å²) in [5.41, 5.74) is 0.742. The van der Waals surface area contributed by atoms with Gasteiger partial charge in [-0.25, -0.2) is 0 Å². The van der Waals surface area contributed by atoms with Crippen molar-refractivity contribution in [3.05, 3.63) is 33.4 Å². The number of benzene rings is 1. The quantitative estimate of drug-likeness (QED) is 0.758. The van der Waals surface area contributed by atoms with Crippen LogP contribution in [0.4, 0.5) is 0 Å². The van der Waals surface area contributed by atoms with E-state index in [1.807, 2.05) is 24.3 Å². The number of carbonyl (C=O) groups is 1. The molecule has 0 radical (unpaired) electrons. The van der Waals surface area contributed by atoms with Crippen LogP contribution in [0.15, 0.2) is 24.3 Å². The lowest BCUT2D eigenvalue weighted by Crippen LogP contribution is -2.55. The smallest absolute Gasteiger partial charge is 0.251 e. The van der Waals surface area contributed by atoms with Crippen molar-refractivity contribution >= 4 is 40.9 Å². The van der Waals surface area contributed by atoms with Crippen molar-refractivity contribution in [2.45, 2.75) is 32.4 Å². The minimum absolute atomic E-state index is 0. The zero-order valence-electron chi connectivity index (χ0n) is 11.2. The van der Waals surface area contributed by atoms with Crippen LogP contribution in [-0.4, -0.2) is 24.5 Å². The molecular formula is C14H20ClIN2O. The Morgan fingerprint density at radius 3 is 2.79 bits per heavy atom. The van der Waals surface area contributed by atoms with Crippen molar-refractivity contribution in [3.8, 4) is 0 Å². The third-order valence-corrected chi connectivity index (χ3v) is 4.27. The standard InChI is InChI=1S/C14H19IN2O.ClH/c1-9-6-7-16-10(2)13(9)17-14(18)11-4-3-5-12(15)8-11;/h3-5,8-10,13,16H,6-7H2,1-2H3,(H,17,18);1H. The fraction of sp³-hybridized carbons (Fsp3) is 0.500. The van der Waals surface area contributed by atoms with E-state index < -0.39 is 0 Å². The summed E-state index contributed by atoms with van der Waals surface area (Å²) in [5.74, 6) is 0.550. The van der Waals surface area contributed by atoms with Crippen molar-refractivity contribution in [1.82, 2.24) is 10.6 Å². The van der Waals surface area contributed by atoms with E-state index in [0.29, 0.717) is 12.0 Å². The highest BCUT2D eigenvalue weighted by molar-refractivity contribution is 14.1. The van der Waals surface area contributed by atoms with E-state index in [9.17, 15) is 4.79 Å². The molecule has 1 aromatic carbocycles. The maximum absolute atomic E-state index is 12.2. The highest BCUT2D eigenvalue weighted by Crippen LogP contribution is 2.17. The second kappa shape index (κ2) is 7.45. The lowest BCUT2D eigenvalue weighted by molar-refractivity contribution is 0.0897. The average molecular weight is 395 g/mol. The molecule has 3 atom stereocenters. The number of nitrogens with one attached hydrogen (secondary N) is 2. The molecular weight excluding hydrogens is 375 g/mol. The van der Waals surface area contributed by atoms with Gasteiger partial charge in [-0.3, -0.25) is 4.79 Å². The third kappa shape index (κ3) is 4.33. The van der Waals surface area contributed by atoms with Crippen LogP contribution in [0.3, 0.4) is 0 Å². The lowest BCUT2D eigenvalue weighted by Gasteiger charge is -2.36. The molecule has 1 heterocycles. The first kappa shape index (κ1) is 16.7. The van der Waals surface area contributed by atoms with Crippen molar-refractivity contribution in [3.63, 3.8) is 0 Å². The Hall–Kier alpha value is -0.330. The van der Waals surface area contributed by atoms with Gasteiger partial charge in [-0.2, -0.15) is 0 Å². The SMILES string of the molecule is CC1CCNC(C)C1NC(=O)c1cccc(I)c1.Cl. The molecule has 1 aliphatic heterocycles. The first-order valence-electron chi connectivity index (χ1n) is 6.37. The Balaban J connectivity index is 0.00000180. The predicted molar refractivity (Wildman–Crippen MR) is 88.9 cm³/mol. The highest BCUT2D eigenvalue weighted by Gasteiger charge is 2.28. The molecule has 0 aliphatic carbocycles. The number of halogens is 2. The molecule has 1 aliphatic rings. The zero-order chi connectivity index (χ0) is 13.1. The van der Waals surface area contributed by atoms with Crippen molar-refractivity contribution in [2.24, 2.45) is 5.92 Å². The third-order valence-electron chi connectivity index (χ3n) is 3.60. The van der Waals surface area contributed by atoms with E-state index in [2.05, 4.69) is 47.1 Å². The summed E-state index contributed by atoms with van der Waals surface area (Å²) >= 11 is 2.23. The Morgan fingerprint density at radius 1 is 1.42 bits per heavy atom. The zero-order valence-corrected chi connectivity index (χ0v) is 14.1. The summed E-state index contributed by atoms with van der Waals surface area (Å²) in [6, 6.07) is 8.24. The molecule has 0 aromatic heterocycles. The largest absolute Gasteiger partial charge is 0.347 e. The molecule has 1 fully saturated rings. The summed E-state index contributed by atoms with van der Waals surface area (Å²) in [7, 11) is 0. The van der Waals surface area contributed by atoms with E-state index in [-0.39, 0.29) is 24.4 Å². The van der Waals surface area contributed by atoms with Gasteiger partial charge in [0.15, 0.2) is 0 Å². The van der Waals surface area contributed by atoms with Crippen LogP contribution in [0.1, 0.15) is 30.6 Å². The van der Waals surface area contributed by atoms with Crippen LogP contribution < -0.4 is 10.6 Å². The molecule has 0 bridgehead atoms. The summed E-state index contributed by atoms with van der Waals surface area (Å²) in [4.78, 5) is 12.2. The normalized spacial score (nSPS) is 26.4. The highest BCUT2D eigenvalue weighted by atomic mass is 127. The molecule has 19 heavy (non-hydrogen) atoms. The molecule has 0 saturated carbocycles. The van der Waals surface area contributed by atoms with Gasteiger partial charge >= 0.3 is 0 Å². The van der Waals surface area contributed by atoms with Crippen LogP contribution in [-0.2, 0) is 0 Å². The van der Waals surface area contributed by atoms with E-state index >= 15 is 0 Å². The first-order chi connectivity index (χ1) is 8.58. The lowest BCUT2D eigenvalue weighted by atomic mass is 9.89. The van der Waals surface area contributed by atoms with Gasteiger partial charge in [-0.05, 0) is 66.6 Å². The van der Waals surface area contributed by atoms with E-state index in [1.165, 1.54) is 0 Å². The number of piperidine rings is 1. The molecule has 1 saturated heterocycles. The predicted octanol–water partition coefficient (Wildman–Crippen LogP) is 2.83. The van der Waals surface area contributed by atoms with Gasteiger partial charge in [0.05, 0.1) is 0 Å². The van der Waals surface area contributed by atoms with Crippen LogP contribution in [0.2, 0.25) is 0 Å². The van der Waals surface area contributed by atoms with Crippen molar-refractivity contribution < 1.29 is 4.79 Å².